The number of carbonyl (C=O) groups is 1. The lowest BCUT2D eigenvalue weighted by atomic mass is 10.0. The lowest BCUT2D eigenvalue weighted by Gasteiger charge is -2.07. The number of methoxy groups -OCH3 is 2. The monoisotopic (exact) mass is 346 g/mol. The molecule has 2 unspecified atom stereocenters. The summed E-state index contributed by atoms with van der Waals surface area (Å²) in [5.74, 6) is 1.33. The second-order valence-electron chi connectivity index (χ2n) is 5.92. The second-order valence-corrected chi connectivity index (χ2v) is 6.33. The summed E-state index contributed by atoms with van der Waals surface area (Å²) in [6.45, 7) is 5.76. The Kier molecular flexibility index (Phi) is 6.27. The van der Waals surface area contributed by atoms with Crippen molar-refractivity contribution in [1.29, 1.82) is 0 Å². The molecule has 3 nitrogen and oxygen atoms in total. The van der Waals surface area contributed by atoms with Crippen LogP contribution >= 0.6 is 11.6 Å². The third-order valence-electron chi connectivity index (χ3n) is 4.34. The van der Waals surface area contributed by atoms with Gasteiger partial charge in [0.15, 0.2) is 0 Å². The van der Waals surface area contributed by atoms with Gasteiger partial charge < -0.3 is 9.47 Å². The minimum atomic E-state index is -0.315. The van der Waals surface area contributed by atoms with E-state index in [2.05, 4.69) is 13.5 Å². The van der Waals surface area contributed by atoms with E-state index in [4.69, 9.17) is 21.1 Å². The average molecular weight is 347 g/mol. The Morgan fingerprint density at radius 1 is 1.38 bits per heavy atom. The third-order valence-corrected chi connectivity index (χ3v) is 4.67. The van der Waals surface area contributed by atoms with Crippen LogP contribution in [0.25, 0.3) is 0 Å². The van der Waals surface area contributed by atoms with Gasteiger partial charge in [-0.05, 0) is 49.3 Å². The van der Waals surface area contributed by atoms with Crippen LogP contribution in [-0.4, -0.2) is 20.2 Å². The van der Waals surface area contributed by atoms with Crippen LogP contribution < -0.4 is 4.74 Å². The highest BCUT2D eigenvalue weighted by atomic mass is 35.5. The summed E-state index contributed by atoms with van der Waals surface area (Å²) in [5, 5.41) is 0.743. The summed E-state index contributed by atoms with van der Waals surface area (Å²) >= 11 is 6.36. The van der Waals surface area contributed by atoms with Gasteiger partial charge in [0.2, 0.25) is 0 Å². The maximum Gasteiger partial charge on any atom is 0.334 e. The molecule has 4 heteroatoms. The van der Waals surface area contributed by atoms with Crippen LogP contribution in [0.2, 0.25) is 5.02 Å². The maximum atomic E-state index is 11.7. The van der Waals surface area contributed by atoms with Crippen molar-refractivity contribution in [3.05, 3.63) is 64.7 Å². The van der Waals surface area contributed by atoms with Gasteiger partial charge in [-0.15, -0.1) is 6.58 Å². The van der Waals surface area contributed by atoms with Crippen molar-refractivity contribution in [2.45, 2.75) is 25.7 Å². The summed E-state index contributed by atoms with van der Waals surface area (Å²) in [4.78, 5) is 11.7. The molecule has 2 rings (SSSR count). The number of hydrogen-bond donors (Lipinski definition) is 0. The predicted octanol–water partition coefficient (Wildman–Crippen LogP) is 5.07. The van der Waals surface area contributed by atoms with Gasteiger partial charge in [-0.2, -0.15) is 0 Å². The molecule has 1 aromatic carbocycles. The molecule has 128 valence electrons. The lowest BCUT2D eigenvalue weighted by Crippen LogP contribution is -2.03. The van der Waals surface area contributed by atoms with E-state index in [1.54, 1.807) is 13.2 Å². The van der Waals surface area contributed by atoms with E-state index >= 15 is 0 Å². The molecule has 0 radical (unpaired) electrons. The van der Waals surface area contributed by atoms with Crippen LogP contribution in [0.3, 0.4) is 0 Å². The zero-order valence-electron chi connectivity index (χ0n) is 14.3. The molecule has 0 aromatic heterocycles. The quantitative estimate of drug-likeness (QED) is 0.299. The molecular weight excluding hydrogens is 324 g/mol. The molecule has 2 atom stereocenters. The van der Waals surface area contributed by atoms with Gasteiger partial charge >= 0.3 is 5.97 Å². The molecule has 24 heavy (non-hydrogen) atoms. The van der Waals surface area contributed by atoms with Gasteiger partial charge in [0, 0.05) is 10.6 Å². The van der Waals surface area contributed by atoms with E-state index in [1.807, 2.05) is 30.4 Å². The van der Waals surface area contributed by atoms with E-state index in [0.717, 1.165) is 22.8 Å². The Labute approximate surface area is 148 Å². The van der Waals surface area contributed by atoms with Crippen molar-refractivity contribution in [3.8, 4) is 5.75 Å². The first kappa shape index (κ1) is 18.3. The zero-order valence-corrected chi connectivity index (χ0v) is 15.1. The van der Waals surface area contributed by atoms with Gasteiger partial charge in [0.05, 0.1) is 14.2 Å². The molecule has 0 N–H and O–H groups in total. The largest absolute Gasteiger partial charge is 0.497 e. The summed E-state index contributed by atoms with van der Waals surface area (Å²) in [6, 6.07) is 5.83. The van der Waals surface area contributed by atoms with Crippen LogP contribution in [0.5, 0.6) is 5.75 Å². The average Bonchev–Trinajstić information content (AvgIpc) is 3.37. The van der Waals surface area contributed by atoms with Gasteiger partial charge in [-0.3, -0.25) is 0 Å². The molecule has 1 aromatic rings. The fraction of sp³-hybridized carbons (Fsp3) is 0.350. The minimum absolute atomic E-state index is 0.315. The molecule has 1 aliphatic rings. The molecule has 0 bridgehead atoms. The lowest BCUT2D eigenvalue weighted by molar-refractivity contribution is -0.136. The molecule has 0 aliphatic heterocycles. The van der Waals surface area contributed by atoms with E-state index in [-0.39, 0.29) is 5.97 Å². The molecule has 0 amide bonds. The number of carbonyl (C=O) groups excluding carboxylic acids is 1. The molecule has 1 fully saturated rings. The fourth-order valence-corrected chi connectivity index (χ4v) is 3.15. The number of rotatable bonds is 7. The summed E-state index contributed by atoms with van der Waals surface area (Å²) in [6.07, 6.45) is 7.08. The SMILES string of the molecule is C=CC/C(=C\C=C(/C)C1CC1c1ccc(OC)cc1Cl)C(=O)OC. The van der Waals surface area contributed by atoms with Crippen LogP contribution in [0.1, 0.15) is 31.2 Å². The number of halogens is 1. The first-order chi connectivity index (χ1) is 11.5. The molecule has 0 heterocycles. The smallest absolute Gasteiger partial charge is 0.334 e. The van der Waals surface area contributed by atoms with Crippen LogP contribution in [-0.2, 0) is 9.53 Å². The Morgan fingerprint density at radius 3 is 2.71 bits per heavy atom. The predicted molar refractivity (Wildman–Crippen MR) is 97.5 cm³/mol. The van der Waals surface area contributed by atoms with Crippen molar-refractivity contribution in [1.82, 2.24) is 0 Å². The van der Waals surface area contributed by atoms with Gasteiger partial charge in [-0.1, -0.05) is 41.5 Å². The Hall–Kier alpha value is -2.00. The minimum Gasteiger partial charge on any atom is -0.497 e. The standard InChI is InChI=1S/C20H23ClO3/c1-5-6-14(20(22)24-4)8-7-13(2)17-12-18(17)16-10-9-15(23-3)11-19(16)21/h5,7-11,17-18H,1,6,12H2,2-4H3/b13-7+,14-8+. The Balaban J connectivity index is 2.11. The van der Waals surface area contributed by atoms with Gasteiger partial charge in [-0.25, -0.2) is 4.79 Å². The van der Waals surface area contributed by atoms with Crippen LogP contribution in [0.15, 0.2) is 54.2 Å². The van der Waals surface area contributed by atoms with Crippen molar-refractivity contribution < 1.29 is 14.3 Å². The highest BCUT2D eigenvalue weighted by Gasteiger charge is 2.40. The molecular formula is C20H23ClO3. The summed E-state index contributed by atoms with van der Waals surface area (Å²) < 4.78 is 9.98. The molecule has 1 aliphatic carbocycles. The first-order valence-corrected chi connectivity index (χ1v) is 8.29. The molecule has 0 spiro atoms. The Morgan fingerprint density at radius 2 is 2.12 bits per heavy atom. The summed E-state index contributed by atoms with van der Waals surface area (Å²) in [5.41, 5.74) is 2.99. The van der Waals surface area contributed by atoms with Crippen molar-refractivity contribution in [2.75, 3.05) is 14.2 Å². The number of allylic oxidation sites excluding steroid dienone is 4. The maximum absolute atomic E-state index is 11.7. The van der Waals surface area contributed by atoms with Crippen LogP contribution in [0, 0.1) is 5.92 Å². The van der Waals surface area contributed by atoms with E-state index in [1.165, 1.54) is 12.7 Å². The fourth-order valence-electron chi connectivity index (χ4n) is 2.84. The van der Waals surface area contributed by atoms with E-state index in [0.29, 0.717) is 23.8 Å². The first-order valence-electron chi connectivity index (χ1n) is 7.91. The normalized spacial score (nSPS) is 20.5. The number of ether oxygens (including phenoxy) is 2. The Bertz CT molecular complexity index is 688. The van der Waals surface area contributed by atoms with Crippen LogP contribution in [0.4, 0.5) is 0 Å². The van der Waals surface area contributed by atoms with Crippen molar-refractivity contribution in [3.63, 3.8) is 0 Å². The van der Waals surface area contributed by atoms with E-state index < -0.39 is 0 Å². The van der Waals surface area contributed by atoms with Gasteiger partial charge in [0.1, 0.15) is 5.75 Å². The highest BCUT2D eigenvalue weighted by Crippen LogP contribution is 2.53. The van der Waals surface area contributed by atoms with Gasteiger partial charge in [0.25, 0.3) is 0 Å². The highest BCUT2D eigenvalue weighted by molar-refractivity contribution is 6.31. The zero-order chi connectivity index (χ0) is 17.7. The van der Waals surface area contributed by atoms with Crippen molar-refractivity contribution >= 4 is 17.6 Å². The van der Waals surface area contributed by atoms with Crippen molar-refractivity contribution in [2.24, 2.45) is 5.92 Å². The summed E-state index contributed by atoms with van der Waals surface area (Å²) in [7, 11) is 3.02. The topological polar surface area (TPSA) is 35.5 Å². The van der Waals surface area contributed by atoms with E-state index in [9.17, 15) is 4.79 Å². The second kappa shape index (κ2) is 8.20. The molecule has 1 saturated carbocycles. The number of benzene rings is 1. The number of esters is 1. The number of hydrogen-bond acceptors (Lipinski definition) is 3. The molecule has 0 saturated heterocycles. The third kappa shape index (κ3) is 4.30.